The van der Waals surface area contributed by atoms with Gasteiger partial charge in [-0.25, -0.2) is 0 Å². The van der Waals surface area contributed by atoms with Crippen molar-refractivity contribution in [2.24, 2.45) is 0 Å². The second-order valence-corrected chi connectivity index (χ2v) is 5.80. The quantitative estimate of drug-likeness (QED) is 0.389. The zero-order chi connectivity index (χ0) is 9.40. The van der Waals surface area contributed by atoms with Crippen molar-refractivity contribution in [3.8, 4) is 0 Å². The molecule has 0 rings (SSSR count). The van der Waals surface area contributed by atoms with Crippen molar-refractivity contribution in [3.05, 3.63) is 0 Å². The van der Waals surface area contributed by atoms with Gasteiger partial charge in [0.05, 0.1) is 9.68 Å². The molecule has 0 fully saturated rings. The van der Waals surface area contributed by atoms with Crippen LogP contribution >= 0.6 is 0 Å². The molecule has 0 spiro atoms. The van der Waals surface area contributed by atoms with Gasteiger partial charge in [-0.3, -0.25) is 10.6 Å². The number of hydrogen-bond acceptors (Lipinski definition) is 3. The summed E-state index contributed by atoms with van der Waals surface area (Å²) in [7, 11) is -0.117. The first-order chi connectivity index (χ1) is 5.70. The molecule has 0 aliphatic carbocycles. The Bertz CT molecular complexity index is 92.3. The summed E-state index contributed by atoms with van der Waals surface area (Å²) in [6, 6.07) is 0. The Morgan fingerprint density at radius 2 is 1.58 bits per heavy atom. The molecule has 0 radical (unpaired) electrons. The van der Waals surface area contributed by atoms with E-state index in [1.165, 1.54) is 0 Å². The summed E-state index contributed by atoms with van der Waals surface area (Å²) in [5.41, 5.74) is 0.838. The Hall–Kier alpha value is 0.0969. The Labute approximate surface area is 78.6 Å². The van der Waals surface area contributed by atoms with E-state index >= 15 is 0 Å². The second kappa shape index (κ2) is 7.73. The minimum Gasteiger partial charge on any atom is -0.316 e. The van der Waals surface area contributed by atoms with Crippen LogP contribution in [-0.4, -0.2) is 29.1 Å². The van der Waals surface area contributed by atoms with Gasteiger partial charge in [-0.1, -0.05) is 27.7 Å². The van der Waals surface area contributed by atoms with E-state index in [4.69, 9.17) is 0 Å². The maximum Gasteiger partial charge on any atom is 0.105 e. The summed E-state index contributed by atoms with van der Waals surface area (Å²) in [6.45, 7) is 10.8. The van der Waals surface area contributed by atoms with E-state index in [1.807, 2.05) is 0 Å². The average molecular weight is 189 g/mol. The monoisotopic (exact) mass is 189 g/mol. The van der Waals surface area contributed by atoms with Crippen LogP contribution in [0.3, 0.4) is 0 Å². The van der Waals surface area contributed by atoms with E-state index in [0.29, 0.717) is 6.29 Å². The van der Waals surface area contributed by atoms with Gasteiger partial charge in [0.25, 0.3) is 0 Å². The lowest BCUT2D eigenvalue weighted by molar-refractivity contribution is 0.424. The van der Waals surface area contributed by atoms with Crippen LogP contribution in [-0.2, 0) is 0 Å². The van der Waals surface area contributed by atoms with Crippen LogP contribution in [0.1, 0.15) is 27.7 Å². The Morgan fingerprint density at radius 1 is 1.08 bits per heavy atom. The van der Waals surface area contributed by atoms with Crippen LogP contribution in [0, 0.1) is 0 Å². The van der Waals surface area contributed by atoms with Gasteiger partial charge in [-0.15, -0.1) is 0 Å². The van der Waals surface area contributed by atoms with Crippen LogP contribution in [0.5, 0.6) is 0 Å². The molecular weight excluding hydrogens is 166 g/mol. The van der Waals surface area contributed by atoms with E-state index in [0.717, 1.165) is 18.6 Å². The summed E-state index contributed by atoms with van der Waals surface area (Å²) >= 11 is 0. The van der Waals surface area contributed by atoms with E-state index in [-0.39, 0.29) is 9.68 Å². The Kier molecular flexibility index (Phi) is 7.79. The molecule has 12 heavy (non-hydrogen) atoms. The van der Waals surface area contributed by atoms with Gasteiger partial charge in [0, 0.05) is 0 Å². The lowest BCUT2D eigenvalue weighted by Gasteiger charge is -2.21. The lowest BCUT2D eigenvalue weighted by Crippen LogP contribution is -2.54. The lowest BCUT2D eigenvalue weighted by atomic mass is 10.6. The highest BCUT2D eigenvalue weighted by Gasteiger charge is 2.03. The molecule has 0 amide bonds. The van der Waals surface area contributed by atoms with Gasteiger partial charge in [-0.2, -0.15) is 0 Å². The summed E-state index contributed by atoms with van der Waals surface area (Å²) in [4.78, 5) is 3.54. The smallest absolute Gasteiger partial charge is 0.105 e. The molecule has 0 atom stereocenters. The van der Waals surface area contributed by atoms with Crippen LogP contribution in [0.2, 0.25) is 5.54 Å². The third kappa shape index (κ3) is 6.79. The molecule has 0 heterocycles. The molecule has 0 aliphatic heterocycles. The van der Waals surface area contributed by atoms with Gasteiger partial charge < -0.3 is 4.98 Å². The second-order valence-electron chi connectivity index (χ2n) is 3.35. The molecule has 0 saturated carbocycles. The molecule has 0 unspecified atom stereocenters. The molecule has 0 aliphatic rings. The molecule has 3 nitrogen and oxygen atoms in total. The molecular formula is C8H23N3Si. The van der Waals surface area contributed by atoms with Crippen molar-refractivity contribution in [1.29, 1.82) is 0 Å². The van der Waals surface area contributed by atoms with Crippen LogP contribution < -0.4 is 15.6 Å². The summed E-state index contributed by atoms with van der Waals surface area (Å²) in [6.07, 6.45) is 0.328. The van der Waals surface area contributed by atoms with Gasteiger partial charge in [-0.05, 0) is 18.6 Å². The van der Waals surface area contributed by atoms with Crippen LogP contribution in [0.25, 0.3) is 0 Å². The predicted molar refractivity (Wildman–Crippen MR) is 57.9 cm³/mol. The molecule has 0 saturated heterocycles. The summed E-state index contributed by atoms with van der Waals surface area (Å²) in [5, 5.41) is 6.70. The molecule has 0 aromatic heterocycles. The van der Waals surface area contributed by atoms with Crippen molar-refractivity contribution in [2.45, 2.75) is 39.5 Å². The van der Waals surface area contributed by atoms with Gasteiger partial charge in [0.15, 0.2) is 0 Å². The molecule has 4 heteroatoms. The average Bonchev–Trinajstić information content (AvgIpc) is 2.01. The first-order valence-electron chi connectivity index (χ1n) is 4.90. The normalized spacial score (nSPS) is 12.5. The van der Waals surface area contributed by atoms with Gasteiger partial charge in [0.2, 0.25) is 0 Å². The predicted octanol–water partition coefficient (Wildman–Crippen LogP) is -0.00930. The standard InChI is InChI=1S/C8H23N3Si/c1-5-9-8(10-6-2)11-12-7(3)4/h7-11H,5-6,12H2,1-4H3. The fraction of sp³-hybridized carbons (Fsp3) is 1.00. The Balaban J connectivity index is 3.48. The zero-order valence-electron chi connectivity index (χ0n) is 8.78. The van der Waals surface area contributed by atoms with E-state index in [2.05, 4.69) is 43.3 Å². The zero-order valence-corrected chi connectivity index (χ0v) is 10.2. The summed E-state index contributed by atoms with van der Waals surface area (Å²) in [5.74, 6) is 0. The molecule has 0 bridgehead atoms. The third-order valence-corrected chi connectivity index (χ3v) is 3.01. The number of hydrogen-bond donors (Lipinski definition) is 3. The van der Waals surface area contributed by atoms with E-state index in [9.17, 15) is 0 Å². The SMILES string of the molecule is CCNC(NCC)N[SiH2]C(C)C. The van der Waals surface area contributed by atoms with Gasteiger partial charge in [0.1, 0.15) is 6.29 Å². The van der Waals surface area contributed by atoms with Crippen molar-refractivity contribution in [3.63, 3.8) is 0 Å². The van der Waals surface area contributed by atoms with Crippen molar-refractivity contribution in [2.75, 3.05) is 13.1 Å². The third-order valence-electron chi connectivity index (χ3n) is 1.55. The largest absolute Gasteiger partial charge is 0.316 e. The fourth-order valence-electron chi connectivity index (χ4n) is 0.978. The molecule has 0 aromatic carbocycles. The topological polar surface area (TPSA) is 36.1 Å². The molecule has 74 valence electrons. The molecule has 3 N–H and O–H groups in total. The van der Waals surface area contributed by atoms with E-state index < -0.39 is 0 Å². The first-order valence-corrected chi connectivity index (χ1v) is 6.43. The highest BCUT2D eigenvalue weighted by molar-refractivity contribution is 6.34. The number of nitrogens with one attached hydrogen (secondary N) is 3. The fourth-order valence-corrected chi connectivity index (χ4v) is 1.97. The highest BCUT2D eigenvalue weighted by atomic mass is 28.2. The van der Waals surface area contributed by atoms with Gasteiger partial charge >= 0.3 is 0 Å². The first kappa shape index (κ1) is 12.1. The minimum absolute atomic E-state index is 0.117. The summed E-state index contributed by atoms with van der Waals surface area (Å²) < 4.78 is 0. The number of rotatable bonds is 7. The van der Waals surface area contributed by atoms with Crippen molar-refractivity contribution < 1.29 is 0 Å². The maximum absolute atomic E-state index is 3.54. The molecule has 0 aromatic rings. The van der Waals surface area contributed by atoms with Crippen LogP contribution in [0.4, 0.5) is 0 Å². The van der Waals surface area contributed by atoms with E-state index in [1.54, 1.807) is 0 Å². The maximum atomic E-state index is 3.54. The van der Waals surface area contributed by atoms with Crippen LogP contribution in [0.15, 0.2) is 0 Å². The van der Waals surface area contributed by atoms with Crippen molar-refractivity contribution in [1.82, 2.24) is 15.6 Å². The Morgan fingerprint density at radius 3 is 1.92 bits per heavy atom. The van der Waals surface area contributed by atoms with Crippen molar-refractivity contribution >= 4 is 9.68 Å². The highest BCUT2D eigenvalue weighted by Crippen LogP contribution is 1.92. The minimum atomic E-state index is -0.117.